The number of carbonyl (C=O) groups is 1. The summed E-state index contributed by atoms with van der Waals surface area (Å²) in [5.41, 5.74) is 3.86. The molecule has 4 heteroatoms. The monoisotopic (exact) mass is 353 g/mol. The fourth-order valence-electron chi connectivity index (χ4n) is 3.64. The van der Waals surface area contributed by atoms with Gasteiger partial charge in [0.1, 0.15) is 12.3 Å². The molecule has 0 spiro atoms. The second-order valence-electron chi connectivity index (χ2n) is 7.25. The SMILES string of the molecule is COc1ccc(C[NH+](C)[C@H](C)C(=O)N[C@@H]2CCCc3ccccc32)cc1. The van der Waals surface area contributed by atoms with Crippen molar-refractivity contribution in [2.24, 2.45) is 0 Å². The van der Waals surface area contributed by atoms with Gasteiger partial charge in [-0.3, -0.25) is 4.79 Å². The quantitative estimate of drug-likeness (QED) is 0.837. The van der Waals surface area contributed by atoms with E-state index in [2.05, 4.69) is 48.8 Å². The van der Waals surface area contributed by atoms with Crippen LogP contribution in [-0.4, -0.2) is 26.1 Å². The Morgan fingerprint density at radius 1 is 1.23 bits per heavy atom. The molecule has 26 heavy (non-hydrogen) atoms. The largest absolute Gasteiger partial charge is 0.497 e. The van der Waals surface area contributed by atoms with Crippen LogP contribution in [0, 0.1) is 0 Å². The summed E-state index contributed by atoms with van der Waals surface area (Å²) in [5, 5.41) is 3.28. The number of nitrogens with one attached hydrogen (secondary N) is 2. The van der Waals surface area contributed by atoms with Crippen LogP contribution in [0.1, 0.15) is 42.5 Å². The predicted octanol–water partition coefficient (Wildman–Crippen LogP) is 2.29. The Morgan fingerprint density at radius 3 is 2.69 bits per heavy atom. The van der Waals surface area contributed by atoms with Crippen LogP contribution >= 0.6 is 0 Å². The van der Waals surface area contributed by atoms with Crippen LogP contribution in [0.15, 0.2) is 48.5 Å². The Hall–Kier alpha value is -2.33. The lowest BCUT2D eigenvalue weighted by Crippen LogP contribution is -3.12. The second kappa shape index (κ2) is 8.37. The minimum Gasteiger partial charge on any atom is -0.497 e. The van der Waals surface area contributed by atoms with E-state index in [0.29, 0.717) is 0 Å². The van der Waals surface area contributed by atoms with E-state index in [0.717, 1.165) is 31.6 Å². The summed E-state index contributed by atoms with van der Waals surface area (Å²) in [6, 6.07) is 16.6. The van der Waals surface area contributed by atoms with Crippen molar-refractivity contribution in [1.29, 1.82) is 0 Å². The molecule has 1 aliphatic rings. The highest BCUT2D eigenvalue weighted by molar-refractivity contribution is 5.80. The molecule has 0 radical (unpaired) electrons. The van der Waals surface area contributed by atoms with Crippen LogP contribution in [0.25, 0.3) is 0 Å². The molecule has 1 amide bonds. The topological polar surface area (TPSA) is 42.8 Å². The maximum atomic E-state index is 12.8. The molecule has 2 N–H and O–H groups in total. The van der Waals surface area contributed by atoms with Gasteiger partial charge in [-0.25, -0.2) is 0 Å². The number of methoxy groups -OCH3 is 1. The van der Waals surface area contributed by atoms with Gasteiger partial charge in [0.05, 0.1) is 20.2 Å². The highest BCUT2D eigenvalue weighted by atomic mass is 16.5. The van der Waals surface area contributed by atoms with Crippen LogP contribution in [0.3, 0.4) is 0 Å². The zero-order chi connectivity index (χ0) is 18.5. The van der Waals surface area contributed by atoms with E-state index in [1.807, 2.05) is 19.1 Å². The summed E-state index contributed by atoms with van der Waals surface area (Å²) in [4.78, 5) is 14.0. The molecule has 4 nitrogen and oxygen atoms in total. The Labute approximate surface area is 156 Å². The van der Waals surface area contributed by atoms with E-state index in [1.54, 1.807) is 7.11 Å². The number of likely N-dealkylation sites (N-methyl/N-ethyl adjacent to an activating group) is 1. The summed E-state index contributed by atoms with van der Waals surface area (Å²) in [7, 11) is 3.74. The molecule has 138 valence electrons. The van der Waals surface area contributed by atoms with Crippen LogP contribution in [0.4, 0.5) is 0 Å². The Morgan fingerprint density at radius 2 is 1.96 bits per heavy atom. The van der Waals surface area contributed by atoms with Crippen LogP contribution < -0.4 is 15.0 Å². The lowest BCUT2D eigenvalue weighted by Gasteiger charge is -2.28. The third kappa shape index (κ3) is 4.25. The zero-order valence-corrected chi connectivity index (χ0v) is 15.9. The van der Waals surface area contributed by atoms with Crippen molar-refractivity contribution in [3.05, 3.63) is 65.2 Å². The molecule has 3 rings (SSSR count). The van der Waals surface area contributed by atoms with Gasteiger partial charge in [0.2, 0.25) is 0 Å². The van der Waals surface area contributed by atoms with Crippen LogP contribution in [0.2, 0.25) is 0 Å². The lowest BCUT2D eigenvalue weighted by atomic mass is 9.87. The maximum Gasteiger partial charge on any atom is 0.278 e. The van der Waals surface area contributed by atoms with E-state index < -0.39 is 0 Å². The number of fused-ring (bicyclic) bond motifs is 1. The van der Waals surface area contributed by atoms with Crippen LogP contribution in [0.5, 0.6) is 5.75 Å². The molecule has 0 aliphatic heterocycles. The Balaban J connectivity index is 1.60. The molecule has 0 bridgehead atoms. The van der Waals surface area contributed by atoms with Gasteiger partial charge in [0.15, 0.2) is 6.04 Å². The van der Waals surface area contributed by atoms with E-state index in [-0.39, 0.29) is 18.0 Å². The number of carbonyl (C=O) groups excluding carboxylic acids is 1. The molecule has 1 unspecified atom stereocenters. The fraction of sp³-hybridized carbons (Fsp3) is 0.409. The van der Waals surface area contributed by atoms with E-state index in [4.69, 9.17) is 4.74 Å². The first-order valence-corrected chi connectivity index (χ1v) is 9.42. The van der Waals surface area contributed by atoms with Crippen molar-refractivity contribution in [3.8, 4) is 5.75 Å². The lowest BCUT2D eigenvalue weighted by molar-refractivity contribution is -0.908. The van der Waals surface area contributed by atoms with Crippen molar-refractivity contribution in [2.45, 2.75) is 44.8 Å². The summed E-state index contributed by atoms with van der Waals surface area (Å²) in [5.74, 6) is 0.978. The van der Waals surface area contributed by atoms with Gasteiger partial charge in [-0.2, -0.15) is 0 Å². The van der Waals surface area contributed by atoms with Gasteiger partial charge >= 0.3 is 0 Å². The van der Waals surface area contributed by atoms with Gasteiger partial charge < -0.3 is 15.0 Å². The molecule has 0 aromatic heterocycles. The standard InChI is InChI=1S/C22H28N2O2/c1-16(24(2)15-17-11-13-19(26-3)14-12-17)22(25)23-21-10-6-8-18-7-4-5-9-20(18)21/h4-5,7,9,11-14,16,21H,6,8,10,15H2,1-3H3,(H,23,25)/p+1/t16-,21-/m1/s1. The fourth-order valence-corrected chi connectivity index (χ4v) is 3.64. The number of rotatable bonds is 6. The third-order valence-electron chi connectivity index (χ3n) is 5.46. The van der Waals surface area contributed by atoms with Gasteiger partial charge in [-0.05, 0) is 61.6 Å². The zero-order valence-electron chi connectivity index (χ0n) is 15.9. The molecular formula is C22H29N2O2+. The summed E-state index contributed by atoms with van der Waals surface area (Å²) >= 11 is 0. The summed E-state index contributed by atoms with van der Waals surface area (Å²) < 4.78 is 5.20. The molecule has 3 atom stereocenters. The third-order valence-corrected chi connectivity index (χ3v) is 5.46. The second-order valence-corrected chi connectivity index (χ2v) is 7.25. The van der Waals surface area contributed by atoms with Gasteiger partial charge in [0.25, 0.3) is 5.91 Å². The van der Waals surface area contributed by atoms with Gasteiger partial charge in [-0.15, -0.1) is 0 Å². The Kier molecular flexibility index (Phi) is 5.94. The van der Waals surface area contributed by atoms with E-state index >= 15 is 0 Å². The molecule has 0 heterocycles. The number of benzene rings is 2. The van der Waals surface area contributed by atoms with Crippen molar-refractivity contribution >= 4 is 5.91 Å². The highest BCUT2D eigenvalue weighted by Crippen LogP contribution is 2.29. The van der Waals surface area contributed by atoms with E-state index in [9.17, 15) is 4.79 Å². The van der Waals surface area contributed by atoms with Gasteiger partial charge in [0, 0.05) is 5.56 Å². The maximum absolute atomic E-state index is 12.8. The average molecular weight is 353 g/mol. The van der Waals surface area contributed by atoms with Crippen molar-refractivity contribution in [2.75, 3.05) is 14.2 Å². The minimum absolute atomic E-state index is 0.105. The van der Waals surface area contributed by atoms with Gasteiger partial charge in [-0.1, -0.05) is 24.3 Å². The number of hydrogen-bond donors (Lipinski definition) is 2. The molecular weight excluding hydrogens is 324 g/mol. The normalized spacial score (nSPS) is 18.5. The molecule has 0 saturated carbocycles. The minimum atomic E-state index is -0.105. The number of ether oxygens (including phenoxy) is 1. The average Bonchev–Trinajstić information content (AvgIpc) is 2.68. The van der Waals surface area contributed by atoms with E-state index in [1.165, 1.54) is 21.6 Å². The summed E-state index contributed by atoms with van der Waals surface area (Å²) in [6.07, 6.45) is 3.26. The summed E-state index contributed by atoms with van der Waals surface area (Å²) in [6.45, 7) is 2.81. The van der Waals surface area contributed by atoms with Crippen molar-refractivity contribution < 1.29 is 14.4 Å². The van der Waals surface area contributed by atoms with Crippen LogP contribution in [-0.2, 0) is 17.8 Å². The molecule has 2 aromatic rings. The Bertz CT molecular complexity index is 742. The highest BCUT2D eigenvalue weighted by Gasteiger charge is 2.27. The number of quaternary nitrogens is 1. The molecule has 0 fully saturated rings. The first kappa shape index (κ1) is 18.5. The first-order chi connectivity index (χ1) is 12.6. The molecule has 1 aliphatic carbocycles. The van der Waals surface area contributed by atoms with Crippen molar-refractivity contribution in [1.82, 2.24) is 5.32 Å². The smallest absolute Gasteiger partial charge is 0.278 e. The first-order valence-electron chi connectivity index (χ1n) is 9.42. The predicted molar refractivity (Wildman–Crippen MR) is 103 cm³/mol. The molecule has 0 saturated heterocycles. The number of hydrogen-bond acceptors (Lipinski definition) is 2. The number of amides is 1. The van der Waals surface area contributed by atoms with Crippen molar-refractivity contribution in [3.63, 3.8) is 0 Å². The number of aryl methyl sites for hydroxylation is 1. The molecule has 2 aromatic carbocycles.